The van der Waals surface area contributed by atoms with Gasteiger partial charge in [-0.25, -0.2) is 8.78 Å². The van der Waals surface area contributed by atoms with Crippen molar-refractivity contribution in [2.75, 3.05) is 31.2 Å². The van der Waals surface area contributed by atoms with Gasteiger partial charge in [0.2, 0.25) is 0 Å². The Labute approximate surface area is 121 Å². The van der Waals surface area contributed by atoms with E-state index in [0.29, 0.717) is 35.4 Å². The fourth-order valence-electron chi connectivity index (χ4n) is 1.82. The SMILES string of the molecule is Fc1cc(N2CCOCC2)cc(F)c1C=C(Br)Br. The van der Waals surface area contributed by atoms with Crippen LogP contribution in [0, 0.1) is 11.6 Å². The average Bonchev–Trinajstić information content (AvgIpc) is 2.34. The number of morpholine rings is 1. The first-order valence-corrected chi connectivity index (χ1v) is 7.01. The quantitative estimate of drug-likeness (QED) is 0.769. The molecule has 1 saturated heterocycles. The third-order valence-corrected chi connectivity index (χ3v) is 3.15. The monoisotopic (exact) mass is 381 g/mol. The summed E-state index contributed by atoms with van der Waals surface area (Å²) in [7, 11) is 0. The molecule has 0 amide bonds. The van der Waals surface area contributed by atoms with Gasteiger partial charge in [-0.1, -0.05) is 0 Å². The van der Waals surface area contributed by atoms with Gasteiger partial charge in [-0.15, -0.1) is 0 Å². The van der Waals surface area contributed by atoms with Gasteiger partial charge < -0.3 is 9.64 Å². The molecule has 0 bridgehead atoms. The predicted octanol–water partition coefficient (Wildman–Crippen LogP) is 3.89. The third kappa shape index (κ3) is 3.30. The number of hydrogen-bond donors (Lipinski definition) is 0. The van der Waals surface area contributed by atoms with Gasteiger partial charge in [0.05, 0.1) is 16.6 Å². The first-order valence-electron chi connectivity index (χ1n) is 5.42. The molecule has 1 fully saturated rings. The third-order valence-electron chi connectivity index (χ3n) is 2.69. The molecule has 6 heteroatoms. The largest absolute Gasteiger partial charge is 0.378 e. The zero-order valence-electron chi connectivity index (χ0n) is 9.43. The topological polar surface area (TPSA) is 12.5 Å². The van der Waals surface area contributed by atoms with Gasteiger partial charge in [-0.2, -0.15) is 0 Å². The van der Waals surface area contributed by atoms with E-state index in [1.807, 2.05) is 4.90 Å². The fraction of sp³-hybridized carbons (Fsp3) is 0.333. The van der Waals surface area contributed by atoms with Crippen molar-refractivity contribution in [3.63, 3.8) is 0 Å². The van der Waals surface area contributed by atoms with Crippen LogP contribution in [0.3, 0.4) is 0 Å². The first-order chi connectivity index (χ1) is 8.58. The Bertz CT molecular complexity index is 446. The molecule has 1 heterocycles. The van der Waals surface area contributed by atoms with Gasteiger partial charge in [-0.05, 0) is 50.1 Å². The van der Waals surface area contributed by atoms with Crippen LogP contribution in [0.2, 0.25) is 0 Å². The van der Waals surface area contributed by atoms with Gasteiger partial charge >= 0.3 is 0 Å². The van der Waals surface area contributed by atoms with E-state index in [9.17, 15) is 8.78 Å². The van der Waals surface area contributed by atoms with Crippen molar-refractivity contribution in [3.05, 3.63) is 32.7 Å². The van der Waals surface area contributed by atoms with Gasteiger partial charge in [0.1, 0.15) is 11.6 Å². The summed E-state index contributed by atoms with van der Waals surface area (Å²) < 4.78 is 33.4. The second-order valence-electron chi connectivity index (χ2n) is 3.86. The highest BCUT2D eigenvalue weighted by Gasteiger charge is 2.16. The highest BCUT2D eigenvalue weighted by Crippen LogP contribution is 2.27. The summed E-state index contributed by atoms with van der Waals surface area (Å²) in [5.41, 5.74) is 0.493. The number of benzene rings is 1. The van der Waals surface area contributed by atoms with Crippen LogP contribution in [-0.4, -0.2) is 26.3 Å². The normalized spacial score (nSPS) is 15.7. The summed E-state index contributed by atoms with van der Waals surface area (Å²) in [6.07, 6.45) is 1.35. The highest BCUT2D eigenvalue weighted by molar-refractivity contribution is 9.28. The molecule has 98 valence electrons. The minimum Gasteiger partial charge on any atom is -0.378 e. The van der Waals surface area contributed by atoms with Crippen LogP contribution < -0.4 is 4.90 Å². The molecule has 1 aromatic rings. The molecule has 2 nitrogen and oxygen atoms in total. The van der Waals surface area contributed by atoms with Crippen molar-refractivity contribution < 1.29 is 13.5 Å². The number of hydrogen-bond acceptors (Lipinski definition) is 2. The van der Waals surface area contributed by atoms with Crippen molar-refractivity contribution in [1.82, 2.24) is 0 Å². The Kier molecular flexibility index (Phi) is 4.75. The van der Waals surface area contributed by atoms with Crippen molar-refractivity contribution in [2.24, 2.45) is 0 Å². The van der Waals surface area contributed by atoms with E-state index >= 15 is 0 Å². The van der Waals surface area contributed by atoms with E-state index in [1.165, 1.54) is 18.2 Å². The lowest BCUT2D eigenvalue weighted by atomic mass is 10.1. The summed E-state index contributed by atoms with van der Waals surface area (Å²) in [4.78, 5) is 1.91. The Morgan fingerprint density at radius 1 is 1.17 bits per heavy atom. The lowest BCUT2D eigenvalue weighted by Crippen LogP contribution is -2.36. The highest BCUT2D eigenvalue weighted by atomic mass is 79.9. The molecule has 0 unspecified atom stereocenters. The van der Waals surface area contributed by atoms with Crippen molar-refractivity contribution >= 4 is 43.6 Å². The molecular formula is C12H11Br2F2NO. The second-order valence-corrected chi connectivity index (χ2v) is 6.63. The van der Waals surface area contributed by atoms with Crippen molar-refractivity contribution in [1.29, 1.82) is 0 Å². The molecular weight excluding hydrogens is 372 g/mol. The summed E-state index contributed by atoms with van der Waals surface area (Å²) in [6, 6.07) is 2.70. The van der Waals surface area contributed by atoms with Crippen LogP contribution in [0.15, 0.2) is 15.5 Å². The smallest absolute Gasteiger partial charge is 0.135 e. The van der Waals surface area contributed by atoms with E-state index in [-0.39, 0.29) is 5.56 Å². The number of ether oxygens (including phenoxy) is 1. The minimum atomic E-state index is -0.576. The number of nitrogens with zero attached hydrogens (tertiary/aromatic N) is 1. The molecule has 0 saturated carbocycles. The molecule has 1 aliphatic rings. The van der Waals surface area contributed by atoms with E-state index < -0.39 is 11.6 Å². The van der Waals surface area contributed by atoms with Crippen LogP contribution >= 0.6 is 31.9 Å². The lowest BCUT2D eigenvalue weighted by molar-refractivity contribution is 0.122. The lowest BCUT2D eigenvalue weighted by Gasteiger charge is -2.29. The molecule has 2 rings (SSSR count). The Morgan fingerprint density at radius 2 is 1.72 bits per heavy atom. The molecule has 18 heavy (non-hydrogen) atoms. The predicted molar refractivity (Wildman–Crippen MR) is 75.2 cm³/mol. The molecule has 1 aromatic carbocycles. The molecule has 0 atom stereocenters. The fourth-order valence-corrected chi connectivity index (χ4v) is 2.28. The molecule has 1 aliphatic heterocycles. The molecule has 0 N–H and O–H groups in total. The Balaban J connectivity index is 2.32. The maximum atomic E-state index is 13.8. The van der Waals surface area contributed by atoms with E-state index in [2.05, 4.69) is 31.9 Å². The average molecular weight is 383 g/mol. The molecule has 0 spiro atoms. The maximum absolute atomic E-state index is 13.8. The van der Waals surface area contributed by atoms with Gasteiger partial charge in [0.15, 0.2) is 0 Å². The van der Waals surface area contributed by atoms with Gasteiger partial charge in [-0.3, -0.25) is 0 Å². The van der Waals surface area contributed by atoms with Crippen LogP contribution in [0.1, 0.15) is 5.56 Å². The standard InChI is InChI=1S/C12H11Br2F2NO/c13-12(14)7-9-10(15)5-8(6-11(9)16)17-1-3-18-4-2-17/h5-7H,1-4H2. The maximum Gasteiger partial charge on any atom is 0.135 e. The summed E-state index contributed by atoms with van der Waals surface area (Å²) in [5.74, 6) is -1.15. The zero-order chi connectivity index (χ0) is 13.1. The zero-order valence-corrected chi connectivity index (χ0v) is 12.6. The van der Waals surface area contributed by atoms with Gasteiger partial charge in [0, 0.05) is 24.3 Å². The van der Waals surface area contributed by atoms with Crippen LogP contribution in [0.25, 0.3) is 6.08 Å². The van der Waals surface area contributed by atoms with E-state index in [4.69, 9.17) is 4.74 Å². The minimum absolute atomic E-state index is 0.0595. The summed E-state index contributed by atoms with van der Waals surface area (Å²) in [6.45, 7) is 2.46. The van der Waals surface area contributed by atoms with E-state index in [1.54, 1.807) is 0 Å². The van der Waals surface area contributed by atoms with Crippen LogP contribution in [-0.2, 0) is 4.74 Å². The van der Waals surface area contributed by atoms with Crippen molar-refractivity contribution in [3.8, 4) is 0 Å². The number of anilines is 1. The second kappa shape index (κ2) is 6.12. The van der Waals surface area contributed by atoms with Crippen LogP contribution in [0.4, 0.5) is 14.5 Å². The number of halogens is 4. The summed E-state index contributed by atoms with van der Waals surface area (Å²) in [5, 5.41) is 0. The molecule has 0 radical (unpaired) electrons. The van der Waals surface area contributed by atoms with Crippen molar-refractivity contribution in [2.45, 2.75) is 0 Å². The first kappa shape index (κ1) is 14.0. The number of rotatable bonds is 2. The Morgan fingerprint density at radius 3 is 2.22 bits per heavy atom. The van der Waals surface area contributed by atoms with E-state index in [0.717, 1.165) is 0 Å². The molecule has 0 aromatic heterocycles. The summed E-state index contributed by atoms with van der Waals surface area (Å²) >= 11 is 6.18. The van der Waals surface area contributed by atoms with Gasteiger partial charge in [0.25, 0.3) is 0 Å². The molecule has 0 aliphatic carbocycles. The van der Waals surface area contributed by atoms with Crippen LogP contribution in [0.5, 0.6) is 0 Å². The Hall–Kier alpha value is -0.460.